The number of carbonyl (C=O) groups is 2. The Labute approximate surface area is 194 Å². The van der Waals surface area contributed by atoms with Crippen LogP contribution in [0.25, 0.3) is 11.5 Å². The van der Waals surface area contributed by atoms with E-state index >= 15 is 0 Å². The molecule has 1 N–H and O–H groups in total. The van der Waals surface area contributed by atoms with Gasteiger partial charge in [-0.2, -0.15) is 0 Å². The van der Waals surface area contributed by atoms with Gasteiger partial charge in [0.05, 0.1) is 5.75 Å². The maximum atomic E-state index is 12.3. The van der Waals surface area contributed by atoms with Gasteiger partial charge in [-0.05, 0) is 42.5 Å². The van der Waals surface area contributed by atoms with E-state index in [1.165, 1.54) is 11.8 Å². The summed E-state index contributed by atoms with van der Waals surface area (Å²) in [7, 11) is 0. The smallest absolute Gasteiger partial charge is 0.277 e. The van der Waals surface area contributed by atoms with Crippen LogP contribution in [0.1, 0.15) is 6.92 Å². The zero-order valence-corrected chi connectivity index (χ0v) is 19.0. The van der Waals surface area contributed by atoms with Crippen LogP contribution in [0, 0.1) is 0 Å². The van der Waals surface area contributed by atoms with Crippen molar-refractivity contribution in [1.82, 2.24) is 15.1 Å². The third-order valence-electron chi connectivity index (χ3n) is 5.05. The standard InChI is InChI=1S/C22H22ClN5O3S/c1-15(29)27-9-11-28(12-10-27)19-7-5-18(6-8-19)24-20(30)14-32-22-26-25-21(31-22)16-3-2-4-17(23)13-16/h2-8,13H,9-12,14H2,1H3,(H,24,30). The predicted molar refractivity (Wildman–Crippen MR) is 125 cm³/mol. The van der Waals surface area contributed by atoms with Crippen molar-refractivity contribution >= 4 is 46.6 Å². The third kappa shape index (κ3) is 5.60. The number of piperazine rings is 1. The van der Waals surface area contributed by atoms with E-state index in [0.29, 0.717) is 21.8 Å². The summed E-state index contributed by atoms with van der Waals surface area (Å²) in [5, 5.41) is 11.7. The van der Waals surface area contributed by atoms with Gasteiger partial charge in [-0.15, -0.1) is 10.2 Å². The number of aromatic nitrogens is 2. The van der Waals surface area contributed by atoms with Gasteiger partial charge in [-0.1, -0.05) is 29.4 Å². The van der Waals surface area contributed by atoms with Crippen LogP contribution in [0.15, 0.2) is 58.2 Å². The SMILES string of the molecule is CC(=O)N1CCN(c2ccc(NC(=O)CSc3nnc(-c4cccc(Cl)c4)o3)cc2)CC1. The maximum Gasteiger partial charge on any atom is 0.277 e. The molecule has 1 saturated heterocycles. The largest absolute Gasteiger partial charge is 0.411 e. The molecule has 2 amide bonds. The Morgan fingerprint density at radius 3 is 2.53 bits per heavy atom. The van der Waals surface area contributed by atoms with Gasteiger partial charge >= 0.3 is 0 Å². The number of nitrogens with one attached hydrogen (secondary N) is 1. The number of hydrogen-bond donors (Lipinski definition) is 1. The van der Waals surface area contributed by atoms with E-state index in [-0.39, 0.29) is 17.6 Å². The van der Waals surface area contributed by atoms with Gasteiger partial charge in [0.2, 0.25) is 17.7 Å². The Balaban J connectivity index is 1.26. The van der Waals surface area contributed by atoms with Crippen LogP contribution in [0.2, 0.25) is 5.02 Å². The molecule has 4 rings (SSSR count). The summed E-state index contributed by atoms with van der Waals surface area (Å²) in [6, 6.07) is 14.8. The normalized spacial score (nSPS) is 13.8. The number of halogens is 1. The zero-order valence-electron chi connectivity index (χ0n) is 17.5. The summed E-state index contributed by atoms with van der Waals surface area (Å²) < 4.78 is 5.60. The van der Waals surface area contributed by atoms with Gasteiger partial charge in [0, 0.05) is 55.1 Å². The number of amides is 2. The number of thioether (sulfide) groups is 1. The second-order valence-electron chi connectivity index (χ2n) is 7.26. The molecule has 0 saturated carbocycles. The van der Waals surface area contributed by atoms with E-state index in [9.17, 15) is 9.59 Å². The van der Waals surface area contributed by atoms with Crippen LogP contribution in [-0.4, -0.2) is 58.8 Å². The van der Waals surface area contributed by atoms with Crippen molar-refractivity contribution in [2.24, 2.45) is 0 Å². The maximum absolute atomic E-state index is 12.3. The molecule has 0 atom stereocenters. The van der Waals surface area contributed by atoms with Gasteiger partial charge in [0.1, 0.15) is 0 Å². The van der Waals surface area contributed by atoms with Gasteiger partial charge < -0.3 is 19.5 Å². The van der Waals surface area contributed by atoms with Crippen LogP contribution in [0.4, 0.5) is 11.4 Å². The summed E-state index contributed by atoms with van der Waals surface area (Å²) in [6.45, 7) is 4.63. The summed E-state index contributed by atoms with van der Waals surface area (Å²) in [6.07, 6.45) is 0. The van der Waals surface area contributed by atoms with Gasteiger partial charge in [-0.3, -0.25) is 9.59 Å². The summed E-state index contributed by atoms with van der Waals surface area (Å²) >= 11 is 7.16. The molecule has 10 heteroatoms. The molecule has 2 aromatic carbocycles. The summed E-state index contributed by atoms with van der Waals surface area (Å²) in [5.74, 6) is 0.448. The molecule has 1 aliphatic rings. The highest BCUT2D eigenvalue weighted by molar-refractivity contribution is 7.99. The van der Waals surface area contributed by atoms with Gasteiger partial charge in [0.25, 0.3) is 5.22 Å². The molecule has 3 aromatic rings. The van der Waals surface area contributed by atoms with Crippen molar-refractivity contribution < 1.29 is 14.0 Å². The Morgan fingerprint density at radius 1 is 1.09 bits per heavy atom. The molecule has 0 spiro atoms. The highest BCUT2D eigenvalue weighted by Gasteiger charge is 2.19. The topological polar surface area (TPSA) is 91.6 Å². The molecule has 8 nitrogen and oxygen atoms in total. The lowest BCUT2D eigenvalue weighted by Gasteiger charge is -2.35. The fraction of sp³-hybridized carbons (Fsp3) is 0.273. The molecule has 1 aromatic heterocycles. The lowest BCUT2D eigenvalue weighted by molar-refractivity contribution is -0.129. The Bertz CT molecular complexity index is 1100. The quantitative estimate of drug-likeness (QED) is 0.547. The van der Waals surface area contributed by atoms with Crippen LogP contribution < -0.4 is 10.2 Å². The first kappa shape index (κ1) is 22.2. The minimum Gasteiger partial charge on any atom is -0.411 e. The van der Waals surface area contributed by atoms with E-state index in [1.54, 1.807) is 25.1 Å². The lowest BCUT2D eigenvalue weighted by Crippen LogP contribution is -2.48. The van der Waals surface area contributed by atoms with Crippen molar-refractivity contribution in [2.45, 2.75) is 12.1 Å². The van der Waals surface area contributed by atoms with Crippen molar-refractivity contribution in [1.29, 1.82) is 0 Å². The Kier molecular flexibility index (Phi) is 6.96. The first-order chi connectivity index (χ1) is 15.5. The Hall–Kier alpha value is -3.04. The first-order valence-corrected chi connectivity index (χ1v) is 11.5. The van der Waals surface area contributed by atoms with Crippen LogP contribution in [0.5, 0.6) is 0 Å². The fourth-order valence-electron chi connectivity index (χ4n) is 3.37. The lowest BCUT2D eigenvalue weighted by atomic mass is 10.2. The number of rotatable bonds is 6. The van der Waals surface area contributed by atoms with Crippen molar-refractivity contribution in [2.75, 3.05) is 42.1 Å². The molecule has 0 bridgehead atoms. The molecule has 0 aliphatic carbocycles. The fourth-order valence-corrected chi connectivity index (χ4v) is 4.12. The summed E-state index contributed by atoms with van der Waals surface area (Å²) in [4.78, 5) is 27.8. The number of hydrogen-bond acceptors (Lipinski definition) is 7. The second kappa shape index (κ2) is 10.1. The number of benzene rings is 2. The van der Waals surface area contributed by atoms with Crippen molar-refractivity contribution in [3.63, 3.8) is 0 Å². The van der Waals surface area contributed by atoms with Crippen LogP contribution in [0.3, 0.4) is 0 Å². The van der Waals surface area contributed by atoms with Crippen molar-refractivity contribution in [3.05, 3.63) is 53.6 Å². The first-order valence-electron chi connectivity index (χ1n) is 10.1. The molecule has 166 valence electrons. The molecular formula is C22H22ClN5O3S. The molecule has 32 heavy (non-hydrogen) atoms. The predicted octanol–water partition coefficient (Wildman–Crippen LogP) is 3.79. The average molecular weight is 472 g/mol. The molecule has 0 unspecified atom stereocenters. The van der Waals surface area contributed by atoms with Gasteiger partial charge in [0.15, 0.2) is 0 Å². The van der Waals surface area contributed by atoms with E-state index in [1.807, 2.05) is 35.2 Å². The molecule has 0 radical (unpaired) electrons. The van der Waals surface area contributed by atoms with E-state index in [2.05, 4.69) is 20.4 Å². The monoisotopic (exact) mass is 471 g/mol. The van der Waals surface area contributed by atoms with Crippen LogP contribution in [-0.2, 0) is 9.59 Å². The average Bonchev–Trinajstić information content (AvgIpc) is 3.28. The number of nitrogens with zero attached hydrogens (tertiary/aromatic N) is 4. The molecular weight excluding hydrogens is 450 g/mol. The number of anilines is 2. The van der Waals surface area contributed by atoms with Gasteiger partial charge in [-0.25, -0.2) is 0 Å². The third-order valence-corrected chi connectivity index (χ3v) is 6.10. The van der Waals surface area contributed by atoms with Crippen molar-refractivity contribution in [3.8, 4) is 11.5 Å². The zero-order chi connectivity index (χ0) is 22.5. The highest BCUT2D eigenvalue weighted by atomic mass is 35.5. The minimum absolute atomic E-state index is 0.113. The minimum atomic E-state index is -0.166. The van der Waals surface area contributed by atoms with E-state index < -0.39 is 0 Å². The highest BCUT2D eigenvalue weighted by Crippen LogP contribution is 2.25. The van der Waals surface area contributed by atoms with Crippen LogP contribution >= 0.6 is 23.4 Å². The summed E-state index contributed by atoms with van der Waals surface area (Å²) in [5.41, 5.74) is 2.51. The molecule has 1 aliphatic heterocycles. The van der Waals surface area contributed by atoms with E-state index in [4.69, 9.17) is 16.0 Å². The molecule has 1 fully saturated rings. The number of carbonyl (C=O) groups excluding carboxylic acids is 2. The molecule has 2 heterocycles. The van der Waals surface area contributed by atoms with E-state index in [0.717, 1.165) is 37.4 Å². The second-order valence-corrected chi connectivity index (χ2v) is 8.62. The Morgan fingerprint density at radius 2 is 1.84 bits per heavy atom.